The SMILES string of the molecule is COc1cc(CN2CCN(c3ncnc4[nH]ccc34)C[C@@H]2CCO)cc(OC)c1. The Balaban J connectivity index is 1.54. The van der Waals surface area contributed by atoms with Crippen LogP contribution in [0.1, 0.15) is 12.0 Å². The van der Waals surface area contributed by atoms with Crippen LogP contribution >= 0.6 is 0 Å². The van der Waals surface area contributed by atoms with Crippen LogP contribution in [0.5, 0.6) is 11.5 Å². The zero-order chi connectivity index (χ0) is 20.2. The van der Waals surface area contributed by atoms with Gasteiger partial charge >= 0.3 is 0 Å². The molecule has 2 aromatic heterocycles. The number of anilines is 1. The Morgan fingerprint density at radius 2 is 1.93 bits per heavy atom. The number of benzene rings is 1. The molecule has 1 fully saturated rings. The Morgan fingerprint density at radius 3 is 2.66 bits per heavy atom. The van der Waals surface area contributed by atoms with Gasteiger partial charge in [0, 0.05) is 51.1 Å². The number of hydrogen-bond donors (Lipinski definition) is 2. The highest BCUT2D eigenvalue weighted by molar-refractivity contribution is 5.87. The number of aliphatic hydroxyl groups is 1. The van der Waals surface area contributed by atoms with Crippen molar-refractivity contribution in [3.63, 3.8) is 0 Å². The molecule has 29 heavy (non-hydrogen) atoms. The van der Waals surface area contributed by atoms with Crippen LogP contribution in [0.15, 0.2) is 36.8 Å². The molecular weight excluding hydrogens is 370 g/mol. The van der Waals surface area contributed by atoms with E-state index in [4.69, 9.17) is 9.47 Å². The highest BCUT2D eigenvalue weighted by Gasteiger charge is 2.28. The van der Waals surface area contributed by atoms with Crippen molar-refractivity contribution in [1.82, 2.24) is 19.9 Å². The van der Waals surface area contributed by atoms with Gasteiger partial charge in [-0.05, 0) is 30.2 Å². The Kier molecular flexibility index (Phi) is 5.82. The third kappa shape index (κ3) is 4.13. The molecular formula is C21H27N5O3. The Hall–Kier alpha value is -2.84. The number of aromatic amines is 1. The minimum atomic E-state index is 0.153. The first-order chi connectivity index (χ1) is 14.2. The number of piperazine rings is 1. The van der Waals surface area contributed by atoms with Crippen molar-refractivity contribution < 1.29 is 14.6 Å². The number of aliphatic hydroxyl groups excluding tert-OH is 1. The largest absolute Gasteiger partial charge is 0.497 e. The maximum atomic E-state index is 9.65. The zero-order valence-electron chi connectivity index (χ0n) is 16.8. The summed E-state index contributed by atoms with van der Waals surface area (Å²) in [6.45, 7) is 3.47. The first-order valence-electron chi connectivity index (χ1n) is 9.81. The molecule has 1 aliphatic rings. The van der Waals surface area contributed by atoms with E-state index in [1.54, 1.807) is 20.5 Å². The van der Waals surface area contributed by atoms with Gasteiger partial charge in [-0.2, -0.15) is 0 Å². The van der Waals surface area contributed by atoms with Crippen LogP contribution in [0.3, 0.4) is 0 Å². The third-order valence-corrected chi connectivity index (χ3v) is 5.50. The lowest BCUT2D eigenvalue weighted by Gasteiger charge is -2.42. The van der Waals surface area contributed by atoms with E-state index >= 15 is 0 Å². The highest BCUT2D eigenvalue weighted by Crippen LogP contribution is 2.28. The molecule has 0 bridgehead atoms. The van der Waals surface area contributed by atoms with Gasteiger partial charge in [0.05, 0.1) is 19.6 Å². The maximum Gasteiger partial charge on any atom is 0.142 e. The second-order valence-corrected chi connectivity index (χ2v) is 7.24. The normalized spacial score (nSPS) is 17.6. The molecule has 3 heterocycles. The quantitative estimate of drug-likeness (QED) is 0.631. The van der Waals surface area contributed by atoms with Crippen LogP contribution in [0, 0.1) is 0 Å². The van der Waals surface area contributed by atoms with E-state index in [2.05, 4.69) is 24.8 Å². The Bertz CT molecular complexity index is 938. The minimum absolute atomic E-state index is 0.153. The molecule has 3 aromatic rings. The van der Waals surface area contributed by atoms with Crippen molar-refractivity contribution in [3.8, 4) is 11.5 Å². The summed E-state index contributed by atoms with van der Waals surface area (Å²) >= 11 is 0. The van der Waals surface area contributed by atoms with E-state index < -0.39 is 0 Å². The van der Waals surface area contributed by atoms with Crippen molar-refractivity contribution >= 4 is 16.9 Å². The molecule has 8 nitrogen and oxygen atoms in total. The molecule has 1 atom stereocenters. The van der Waals surface area contributed by atoms with Gasteiger partial charge in [0.25, 0.3) is 0 Å². The van der Waals surface area contributed by atoms with Crippen LogP contribution in [0.2, 0.25) is 0 Å². The summed E-state index contributed by atoms with van der Waals surface area (Å²) in [7, 11) is 3.32. The topological polar surface area (TPSA) is 86.7 Å². The molecule has 1 aliphatic heterocycles. The highest BCUT2D eigenvalue weighted by atomic mass is 16.5. The minimum Gasteiger partial charge on any atom is -0.497 e. The molecule has 2 N–H and O–H groups in total. The molecule has 1 saturated heterocycles. The van der Waals surface area contributed by atoms with Gasteiger partial charge in [-0.25, -0.2) is 9.97 Å². The fourth-order valence-corrected chi connectivity index (χ4v) is 4.02. The predicted molar refractivity (Wildman–Crippen MR) is 112 cm³/mol. The fraction of sp³-hybridized carbons (Fsp3) is 0.429. The monoisotopic (exact) mass is 397 g/mol. The Labute approximate surface area is 170 Å². The summed E-state index contributed by atoms with van der Waals surface area (Å²) in [5.74, 6) is 2.52. The molecule has 0 unspecified atom stereocenters. The van der Waals surface area contributed by atoms with Gasteiger partial charge in [-0.15, -0.1) is 0 Å². The number of rotatable bonds is 7. The lowest BCUT2D eigenvalue weighted by atomic mass is 10.1. The summed E-state index contributed by atoms with van der Waals surface area (Å²) in [4.78, 5) is 16.7. The van der Waals surface area contributed by atoms with E-state index in [0.29, 0.717) is 6.42 Å². The van der Waals surface area contributed by atoms with Crippen LogP contribution in [-0.4, -0.2) is 71.5 Å². The lowest BCUT2D eigenvalue weighted by molar-refractivity contribution is 0.135. The number of fused-ring (bicyclic) bond motifs is 1. The number of aromatic nitrogens is 3. The number of ether oxygens (including phenoxy) is 2. The molecule has 0 saturated carbocycles. The van der Waals surface area contributed by atoms with E-state index in [1.807, 2.05) is 30.5 Å². The molecule has 1 aromatic carbocycles. The van der Waals surface area contributed by atoms with Crippen molar-refractivity contribution in [2.45, 2.75) is 19.0 Å². The lowest BCUT2D eigenvalue weighted by Crippen LogP contribution is -2.53. The van der Waals surface area contributed by atoms with Crippen molar-refractivity contribution in [3.05, 3.63) is 42.4 Å². The van der Waals surface area contributed by atoms with Gasteiger partial charge in [0.15, 0.2) is 0 Å². The Morgan fingerprint density at radius 1 is 1.14 bits per heavy atom. The van der Waals surface area contributed by atoms with Crippen LogP contribution < -0.4 is 14.4 Å². The molecule has 154 valence electrons. The van der Waals surface area contributed by atoms with E-state index in [9.17, 15) is 5.11 Å². The predicted octanol–water partition coefficient (Wildman–Crippen LogP) is 2.05. The number of hydrogen-bond acceptors (Lipinski definition) is 7. The van der Waals surface area contributed by atoms with Gasteiger partial charge in [-0.1, -0.05) is 0 Å². The zero-order valence-corrected chi connectivity index (χ0v) is 16.8. The van der Waals surface area contributed by atoms with Gasteiger partial charge in [0.2, 0.25) is 0 Å². The standard InChI is InChI=1S/C21H27N5O3/c1-28-17-9-15(10-18(11-17)29-2)12-25-6-7-26(13-16(25)4-8-27)21-19-3-5-22-20(19)23-14-24-21/h3,5,9-11,14,16,27H,4,6-8,12-13H2,1-2H3,(H,22,23,24)/t16-/m0/s1. The second-order valence-electron chi connectivity index (χ2n) is 7.24. The summed E-state index contributed by atoms with van der Waals surface area (Å²) in [5.41, 5.74) is 1.98. The van der Waals surface area contributed by atoms with Crippen LogP contribution in [-0.2, 0) is 6.54 Å². The summed E-state index contributed by atoms with van der Waals surface area (Å²) in [5, 5.41) is 10.7. The smallest absolute Gasteiger partial charge is 0.142 e. The molecule has 0 spiro atoms. The van der Waals surface area contributed by atoms with E-state index in [-0.39, 0.29) is 12.6 Å². The summed E-state index contributed by atoms with van der Waals surface area (Å²) < 4.78 is 10.8. The fourth-order valence-electron chi connectivity index (χ4n) is 4.02. The van der Waals surface area contributed by atoms with Gasteiger partial charge in [-0.3, -0.25) is 4.90 Å². The van der Waals surface area contributed by atoms with E-state index in [0.717, 1.165) is 60.1 Å². The molecule has 0 amide bonds. The summed E-state index contributed by atoms with van der Waals surface area (Å²) in [6.07, 6.45) is 4.20. The van der Waals surface area contributed by atoms with Crippen molar-refractivity contribution in [2.75, 3.05) is 45.4 Å². The van der Waals surface area contributed by atoms with Crippen LogP contribution in [0.25, 0.3) is 11.0 Å². The molecule has 8 heteroatoms. The van der Waals surface area contributed by atoms with Gasteiger partial charge < -0.3 is 24.5 Å². The van der Waals surface area contributed by atoms with Crippen molar-refractivity contribution in [1.29, 1.82) is 0 Å². The first kappa shape index (κ1) is 19.5. The average Bonchev–Trinajstić information content (AvgIpc) is 3.24. The third-order valence-electron chi connectivity index (χ3n) is 5.50. The molecule has 4 rings (SSSR count). The second kappa shape index (κ2) is 8.67. The first-order valence-corrected chi connectivity index (χ1v) is 9.81. The number of H-pyrrole nitrogens is 1. The van der Waals surface area contributed by atoms with Crippen LogP contribution in [0.4, 0.5) is 5.82 Å². The maximum absolute atomic E-state index is 9.65. The molecule has 0 radical (unpaired) electrons. The van der Waals surface area contributed by atoms with Crippen molar-refractivity contribution in [2.24, 2.45) is 0 Å². The number of methoxy groups -OCH3 is 2. The number of nitrogens with zero attached hydrogens (tertiary/aromatic N) is 4. The molecule has 0 aliphatic carbocycles. The average molecular weight is 397 g/mol. The van der Waals surface area contributed by atoms with E-state index in [1.165, 1.54) is 0 Å². The number of nitrogens with one attached hydrogen (secondary N) is 1. The van der Waals surface area contributed by atoms with Gasteiger partial charge in [0.1, 0.15) is 29.3 Å². The summed E-state index contributed by atoms with van der Waals surface area (Å²) in [6, 6.07) is 8.19.